The van der Waals surface area contributed by atoms with Crippen molar-refractivity contribution < 1.29 is 14.6 Å². The molecule has 0 radical (unpaired) electrons. The van der Waals surface area contributed by atoms with Crippen LogP contribution in [0.4, 0.5) is 17.1 Å². The third kappa shape index (κ3) is 6.76. The lowest BCUT2D eigenvalue weighted by Crippen LogP contribution is -2.30. The molecule has 0 spiro atoms. The number of fused-ring (bicyclic) bond motifs is 2. The van der Waals surface area contributed by atoms with Gasteiger partial charge < -0.3 is 20.1 Å². The second-order valence-electron chi connectivity index (χ2n) is 9.53. The summed E-state index contributed by atoms with van der Waals surface area (Å²) in [5.41, 5.74) is 6.70. The van der Waals surface area contributed by atoms with Gasteiger partial charge in [0.15, 0.2) is 0 Å². The van der Waals surface area contributed by atoms with E-state index in [1.165, 1.54) is 11.1 Å². The van der Waals surface area contributed by atoms with Gasteiger partial charge in [-0.1, -0.05) is 56.2 Å². The molecule has 5 heteroatoms. The number of anilines is 3. The molecular weight excluding hydrogens is 436 g/mol. The van der Waals surface area contributed by atoms with Gasteiger partial charge in [0.2, 0.25) is 0 Å². The van der Waals surface area contributed by atoms with E-state index in [1.807, 2.05) is 31.2 Å². The summed E-state index contributed by atoms with van der Waals surface area (Å²) in [6, 6.07) is 11.0. The summed E-state index contributed by atoms with van der Waals surface area (Å²) in [7, 11) is 1.75. The van der Waals surface area contributed by atoms with Gasteiger partial charge in [-0.2, -0.15) is 0 Å². The Hall–Kier alpha value is -3.05. The predicted molar refractivity (Wildman–Crippen MR) is 146 cm³/mol. The van der Waals surface area contributed by atoms with Crippen molar-refractivity contribution in [2.45, 2.75) is 59.8 Å². The van der Waals surface area contributed by atoms with E-state index in [1.54, 1.807) is 24.1 Å². The Morgan fingerprint density at radius 2 is 1.94 bits per heavy atom. The van der Waals surface area contributed by atoms with E-state index in [4.69, 9.17) is 4.74 Å². The largest absolute Gasteiger partial charge is 0.508 e. The molecule has 2 aromatic carbocycles. The number of hydrogen-bond acceptors (Lipinski definition) is 4. The van der Waals surface area contributed by atoms with Crippen LogP contribution in [0.5, 0.6) is 5.75 Å². The summed E-state index contributed by atoms with van der Waals surface area (Å²) in [6.45, 7) is 9.87. The highest BCUT2D eigenvalue weighted by Gasteiger charge is 2.27. The smallest absolute Gasteiger partial charge is 0.260 e. The number of ether oxygens (including phenoxy) is 1. The topological polar surface area (TPSA) is 61.8 Å². The summed E-state index contributed by atoms with van der Waals surface area (Å²) < 4.78 is 5.21. The average molecular weight is 477 g/mol. The number of aryl methyl sites for hydroxylation is 1. The number of methoxy groups -OCH3 is 1. The van der Waals surface area contributed by atoms with Crippen molar-refractivity contribution in [3.05, 3.63) is 70.8 Å². The van der Waals surface area contributed by atoms with Crippen LogP contribution < -0.4 is 10.2 Å². The van der Waals surface area contributed by atoms with Gasteiger partial charge in [-0.05, 0) is 68.7 Å². The monoisotopic (exact) mass is 476 g/mol. The molecular formula is C30H40N2O3. The fourth-order valence-electron chi connectivity index (χ4n) is 4.61. The predicted octanol–water partition coefficient (Wildman–Crippen LogP) is 7.53. The molecule has 0 aromatic heterocycles. The SMILES string of the molecule is CC/C(=C\CN1C(=O)c2ccccc2Nc2c(C)cc(O)cc21)CC/C=C(/CCCOC)C(C)C. The minimum atomic E-state index is -0.0660. The quantitative estimate of drug-likeness (QED) is 0.200. The number of phenolic OH excluding ortho intramolecular Hbond substituents is 1. The molecule has 35 heavy (non-hydrogen) atoms. The first kappa shape index (κ1) is 26.6. The molecule has 0 fully saturated rings. The van der Waals surface area contributed by atoms with Crippen molar-refractivity contribution in [3.8, 4) is 5.75 Å². The van der Waals surface area contributed by atoms with Crippen LogP contribution in [0.1, 0.15) is 68.8 Å². The molecule has 1 aliphatic rings. The first-order chi connectivity index (χ1) is 16.8. The van der Waals surface area contributed by atoms with E-state index in [0.717, 1.165) is 55.6 Å². The van der Waals surface area contributed by atoms with Crippen molar-refractivity contribution in [1.29, 1.82) is 0 Å². The number of aromatic hydroxyl groups is 1. The lowest BCUT2D eigenvalue weighted by molar-refractivity contribution is 0.0991. The standard InChI is InChI=1S/C30H40N2O3/c1-6-23(11-9-12-24(21(2)3)13-10-18-35-5)16-17-32-28-20-25(33)19-22(4)29(28)31-27-15-8-7-14-26(27)30(32)34/h7-8,12,14-16,19-21,31,33H,6,9-11,13,17-18H2,1-5H3/b23-16+,24-12-. The van der Waals surface area contributed by atoms with Gasteiger partial charge in [-0.15, -0.1) is 0 Å². The third-order valence-electron chi connectivity index (χ3n) is 6.70. The maximum absolute atomic E-state index is 13.6. The lowest BCUT2D eigenvalue weighted by Gasteiger charge is -2.23. The van der Waals surface area contributed by atoms with Crippen LogP contribution in [0.2, 0.25) is 0 Å². The molecule has 2 N–H and O–H groups in total. The second-order valence-corrected chi connectivity index (χ2v) is 9.53. The number of para-hydroxylation sites is 1. The first-order valence-corrected chi connectivity index (χ1v) is 12.7. The van der Waals surface area contributed by atoms with Gasteiger partial charge in [-0.25, -0.2) is 0 Å². The van der Waals surface area contributed by atoms with Crippen LogP contribution in [0.25, 0.3) is 0 Å². The highest BCUT2D eigenvalue weighted by Crippen LogP contribution is 2.40. The summed E-state index contributed by atoms with van der Waals surface area (Å²) in [5, 5.41) is 13.7. The normalized spacial score (nSPS) is 14.0. The zero-order chi connectivity index (χ0) is 25.4. The van der Waals surface area contributed by atoms with Gasteiger partial charge in [0.05, 0.1) is 22.6 Å². The van der Waals surface area contributed by atoms with E-state index in [0.29, 0.717) is 23.7 Å². The molecule has 0 unspecified atom stereocenters. The molecule has 0 saturated carbocycles. The number of phenols is 1. The van der Waals surface area contributed by atoms with Crippen molar-refractivity contribution >= 4 is 23.0 Å². The Morgan fingerprint density at radius 3 is 2.66 bits per heavy atom. The van der Waals surface area contributed by atoms with Crippen LogP contribution in [0, 0.1) is 12.8 Å². The van der Waals surface area contributed by atoms with Gasteiger partial charge in [-0.3, -0.25) is 4.79 Å². The Bertz CT molecular complexity index is 1090. The van der Waals surface area contributed by atoms with Crippen molar-refractivity contribution in [1.82, 2.24) is 0 Å². The molecule has 3 rings (SSSR count). The molecule has 0 atom stereocenters. The lowest BCUT2D eigenvalue weighted by atomic mass is 9.96. The summed E-state index contributed by atoms with van der Waals surface area (Å²) >= 11 is 0. The number of nitrogens with one attached hydrogen (secondary N) is 1. The Labute approximate surface area is 210 Å². The maximum Gasteiger partial charge on any atom is 0.260 e. The zero-order valence-electron chi connectivity index (χ0n) is 21.9. The summed E-state index contributed by atoms with van der Waals surface area (Å²) in [4.78, 5) is 15.4. The minimum Gasteiger partial charge on any atom is -0.508 e. The Kier molecular flexibility index (Phi) is 9.55. The summed E-state index contributed by atoms with van der Waals surface area (Å²) in [5.74, 6) is 0.630. The number of amides is 1. The maximum atomic E-state index is 13.6. The van der Waals surface area contributed by atoms with E-state index in [2.05, 4.69) is 38.2 Å². The van der Waals surface area contributed by atoms with Crippen molar-refractivity contribution in [3.63, 3.8) is 0 Å². The van der Waals surface area contributed by atoms with Gasteiger partial charge in [0.25, 0.3) is 5.91 Å². The van der Waals surface area contributed by atoms with E-state index < -0.39 is 0 Å². The number of allylic oxidation sites excluding steroid dienone is 3. The number of carbonyl (C=O) groups is 1. The molecule has 5 nitrogen and oxygen atoms in total. The van der Waals surface area contributed by atoms with Gasteiger partial charge in [0, 0.05) is 26.3 Å². The first-order valence-electron chi connectivity index (χ1n) is 12.7. The van der Waals surface area contributed by atoms with E-state index >= 15 is 0 Å². The molecule has 1 aliphatic heterocycles. The fraction of sp³-hybridized carbons (Fsp3) is 0.433. The average Bonchev–Trinajstić information content (AvgIpc) is 2.95. The van der Waals surface area contributed by atoms with Gasteiger partial charge in [0.1, 0.15) is 5.75 Å². The van der Waals surface area contributed by atoms with E-state index in [9.17, 15) is 9.90 Å². The molecule has 1 heterocycles. The number of benzene rings is 2. The van der Waals surface area contributed by atoms with Crippen LogP contribution >= 0.6 is 0 Å². The van der Waals surface area contributed by atoms with Crippen LogP contribution in [0.3, 0.4) is 0 Å². The second kappa shape index (κ2) is 12.6. The number of carbonyl (C=O) groups excluding carboxylic acids is 1. The summed E-state index contributed by atoms with van der Waals surface area (Å²) in [6.07, 6.45) is 9.60. The highest BCUT2D eigenvalue weighted by molar-refractivity contribution is 6.14. The van der Waals surface area contributed by atoms with Crippen LogP contribution in [-0.2, 0) is 4.74 Å². The van der Waals surface area contributed by atoms with Crippen LogP contribution in [-0.4, -0.2) is 31.3 Å². The third-order valence-corrected chi connectivity index (χ3v) is 6.70. The number of rotatable bonds is 11. The van der Waals surface area contributed by atoms with Crippen molar-refractivity contribution in [2.75, 3.05) is 30.5 Å². The van der Waals surface area contributed by atoms with Crippen molar-refractivity contribution in [2.24, 2.45) is 5.92 Å². The van der Waals surface area contributed by atoms with E-state index in [-0.39, 0.29) is 11.7 Å². The van der Waals surface area contributed by atoms with Crippen LogP contribution in [0.15, 0.2) is 59.7 Å². The Balaban J connectivity index is 1.82. The molecule has 2 aromatic rings. The minimum absolute atomic E-state index is 0.0660. The molecule has 0 saturated heterocycles. The molecule has 0 bridgehead atoms. The zero-order valence-corrected chi connectivity index (χ0v) is 21.9. The molecule has 1 amide bonds. The number of hydrogen-bond donors (Lipinski definition) is 2. The number of nitrogens with zero attached hydrogens (tertiary/aromatic N) is 1. The molecule has 0 aliphatic carbocycles. The van der Waals surface area contributed by atoms with Gasteiger partial charge >= 0.3 is 0 Å². The highest BCUT2D eigenvalue weighted by atomic mass is 16.5. The molecule has 188 valence electrons. The Morgan fingerprint density at radius 1 is 1.17 bits per heavy atom. The fourth-order valence-corrected chi connectivity index (χ4v) is 4.61.